The molecule has 5 aromatic rings. The van der Waals surface area contributed by atoms with Gasteiger partial charge in [0.15, 0.2) is 5.11 Å². The van der Waals surface area contributed by atoms with Crippen molar-refractivity contribution in [1.82, 2.24) is 19.6 Å². The van der Waals surface area contributed by atoms with Gasteiger partial charge in [-0.15, -0.1) is 0 Å². The fraction of sp³-hybridized carbons (Fsp3) is 0.179. The summed E-state index contributed by atoms with van der Waals surface area (Å²) >= 11 is 5.60. The van der Waals surface area contributed by atoms with Gasteiger partial charge in [-0.25, -0.2) is 0 Å². The highest BCUT2D eigenvalue weighted by Crippen LogP contribution is 2.22. The minimum Gasteiger partial charge on any atom is -0.330 e. The first-order valence-corrected chi connectivity index (χ1v) is 12.0. The molecule has 0 radical (unpaired) electrons. The van der Waals surface area contributed by atoms with Gasteiger partial charge >= 0.3 is 0 Å². The molecule has 7 heteroatoms. The Hall–Kier alpha value is -3.97. The summed E-state index contributed by atoms with van der Waals surface area (Å²) in [6.45, 7) is 7.59. The third kappa shape index (κ3) is 4.95. The minimum atomic E-state index is 0.511. The van der Waals surface area contributed by atoms with E-state index in [1.54, 1.807) is 6.20 Å². The van der Waals surface area contributed by atoms with Gasteiger partial charge < -0.3 is 10.6 Å². The van der Waals surface area contributed by atoms with Crippen LogP contribution in [-0.4, -0.2) is 24.7 Å². The third-order valence-electron chi connectivity index (χ3n) is 6.30. The minimum absolute atomic E-state index is 0.511. The maximum atomic E-state index is 5.60. The smallest absolute Gasteiger partial charge is 0.175 e. The molecule has 0 unspecified atom stereocenters. The van der Waals surface area contributed by atoms with E-state index in [9.17, 15) is 0 Å². The third-order valence-corrected chi connectivity index (χ3v) is 6.51. The molecule has 2 heterocycles. The molecule has 0 aliphatic heterocycles. The Labute approximate surface area is 210 Å². The number of aryl methyl sites for hydroxylation is 2. The Morgan fingerprint density at radius 2 is 1.60 bits per heavy atom. The summed E-state index contributed by atoms with van der Waals surface area (Å²) < 4.78 is 3.94. The maximum absolute atomic E-state index is 5.60. The van der Waals surface area contributed by atoms with Crippen molar-refractivity contribution in [2.45, 2.75) is 33.9 Å². The summed E-state index contributed by atoms with van der Waals surface area (Å²) in [5, 5.41) is 18.8. The van der Waals surface area contributed by atoms with Crippen LogP contribution >= 0.6 is 12.2 Å². The molecular formula is C28H28N6S. The molecule has 0 aliphatic carbocycles. The lowest BCUT2D eigenvalue weighted by atomic mass is 10.0. The molecule has 0 spiro atoms. The first-order chi connectivity index (χ1) is 17.0. The van der Waals surface area contributed by atoms with Crippen LogP contribution in [0, 0.1) is 20.8 Å². The highest BCUT2D eigenvalue weighted by molar-refractivity contribution is 7.80. The van der Waals surface area contributed by atoms with E-state index in [4.69, 9.17) is 17.3 Å². The van der Waals surface area contributed by atoms with Crippen LogP contribution in [0.15, 0.2) is 79.1 Å². The largest absolute Gasteiger partial charge is 0.330 e. The fourth-order valence-corrected chi connectivity index (χ4v) is 4.60. The van der Waals surface area contributed by atoms with Crippen molar-refractivity contribution in [2.75, 3.05) is 10.6 Å². The molecule has 0 saturated carbocycles. The van der Waals surface area contributed by atoms with Crippen molar-refractivity contribution < 1.29 is 0 Å². The molecule has 0 amide bonds. The molecule has 0 atom stereocenters. The van der Waals surface area contributed by atoms with Crippen LogP contribution in [0.5, 0.6) is 0 Å². The second-order valence-electron chi connectivity index (χ2n) is 8.77. The Morgan fingerprint density at radius 1 is 0.857 bits per heavy atom. The summed E-state index contributed by atoms with van der Waals surface area (Å²) in [7, 11) is 0. The predicted molar refractivity (Wildman–Crippen MR) is 147 cm³/mol. The molecule has 2 aromatic heterocycles. The number of hydrogen-bond donors (Lipinski definition) is 2. The number of benzene rings is 3. The van der Waals surface area contributed by atoms with Crippen LogP contribution in [0.4, 0.5) is 11.4 Å². The van der Waals surface area contributed by atoms with Gasteiger partial charge in [-0.2, -0.15) is 10.2 Å². The van der Waals surface area contributed by atoms with Crippen molar-refractivity contribution in [2.24, 2.45) is 0 Å². The highest BCUT2D eigenvalue weighted by Gasteiger charge is 2.14. The normalized spacial score (nSPS) is 11.1. The molecule has 35 heavy (non-hydrogen) atoms. The Bertz CT molecular complexity index is 1510. The highest BCUT2D eigenvalue weighted by atomic mass is 32.1. The second kappa shape index (κ2) is 9.72. The molecule has 176 valence electrons. The van der Waals surface area contributed by atoms with Crippen LogP contribution in [0.1, 0.15) is 28.1 Å². The van der Waals surface area contributed by atoms with Gasteiger partial charge in [-0.1, -0.05) is 66.7 Å². The van der Waals surface area contributed by atoms with Crippen LogP contribution < -0.4 is 10.6 Å². The summed E-state index contributed by atoms with van der Waals surface area (Å²) in [4.78, 5) is 0. The molecule has 3 aromatic carbocycles. The molecule has 2 N–H and O–H groups in total. The van der Waals surface area contributed by atoms with E-state index in [-0.39, 0.29) is 0 Å². The van der Waals surface area contributed by atoms with Crippen LogP contribution in [0.25, 0.3) is 10.8 Å². The van der Waals surface area contributed by atoms with Crippen molar-refractivity contribution in [3.05, 3.63) is 107 Å². The lowest BCUT2D eigenvalue weighted by Crippen LogP contribution is -2.19. The number of rotatable bonds is 6. The topological polar surface area (TPSA) is 59.7 Å². The number of hydrogen-bond acceptors (Lipinski definition) is 3. The predicted octanol–water partition coefficient (Wildman–Crippen LogP) is 6.06. The summed E-state index contributed by atoms with van der Waals surface area (Å²) in [6.07, 6.45) is 3.76. The van der Waals surface area contributed by atoms with Crippen molar-refractivity contribution in [3.63, 3.8) is 0 Å². The van der Waals surface area contributed by atoms with Crippen molar-refractivity contribution in [3.8, 4) is 0 Å². The monoisotopic (exact) mass is 480 g/mol. The van der Waals surface area contributed by atoms with Crippen molar-refractivity contribution in [1.29, 1.82) is 0 Å². The number of fused-ring (bicyclic) bond motifs is 1. The molecular weight excluding hydrogens is 452 g/mol. The van der Waals surface area contributed by atoms with Gasteiger partial charge in [-0.05, 0) is 60.5 Å². The summed E-state index contributed by atoms with van der Waals surface area (Å²) in [5.41, 5.74) is 7.46. The van der Waals surface area contributed by atoms with Gasteiger partial charge in [0.1, 0.15) is 0 Å². The zero-order valence-electron chi connectivity index (χ0n) is 20.1. The standard InChI is InChI=1S/C28H28N6S/c1-19-9-4-5-11-23(19)17-34-21(3)27(20(2)32-34)31-28(35)30-25-15-29-33(18-25)16-24-13-8-12-22-10-6-7-14-26(22)24/h4-15,18H,16-17H2,1-3H3,(H2,30,31,35). The van der Waals surface area contributed by atoms with Gasteiger partial charge in [0.25, 0.3) is 0 Å². The van der Waals surface area contributed by atoms with Gasteiger partial charge in [0.05, 0.1) is 42.0 Å². The van der Waals surface area contributed by atoms with Gasteiger partial charge in [0.2, 0.25) is 0 Å². The van der Waals surface area contributed by atoms with Gasteiger partial charge in [-0.3, -0.25) is 9.36 Å². The average Bonchev–Trinajstić information content (AvgIpc) is 3.39. The van der Waals surface area contributed by atoms with Crippen LogP contribution in [0.2, 0.25) is 0 Å². The fourth-order valence-electron chi connectivity index (χ4n) is 4.38. The molecule has 0 saturated heterocycles. The number of thiocarbonyl (C=S) groups is 1. The number of anilines is 2. The first-order valence-electron chi connectivity index (χ1n) is 11.6. The van der Waals surface area contributed by atoms with E-state index in [0.29, 0.717) is 11.7 Å². The van der Waals surface area contributed by atoms with Crippen molar-refractivity contribution >= 4 is 39.5 Å². The Morgan fingerprint density at radius 3 is 2.46 bits per heavy atom. The lowest BCUT2D eigenvalue weighted by Gasteiger charge is -2.11. The van der Waals surface area contributed by atoms with Crippen LogP contribution in [0.3, 0.4) is 0 Å². The zero-order chi connectivity index (χ0) is 24.4. The number of aromatic nitrogens is 4. The Balaban J connectivity index is 1.26. The molecule has 0 bridgehead atoms. The SMILES string of the molecule is Cc1ccccc1Cn1nc(C)c(NC(=S)Nc2cnn(Cc3cccc4ccccc34)c2)c1C. The molecule has 0 fully saturated rings. The van der Waals surface area contributed by atoms with Crippen LogP contribution in [-0.2, 0) is 13.1 Å². The van der Waals surface area contributed by atoms with E-state index < -0.39 is 0 Å². The Kier molecular flexibility index (Phi) is 6.33. The quantitative estimate of drug-likeness (QED) is 0.289. The first kappa shape index (κ1) is 22.8. The maximum Gasteiger partial charge on any atom is 0.175 e. The second-order valence-corrected chi connectivity index (χ2v) is 9.18. The molecule has 0 aliphatic rings. The van der Waals surface area contributed by atoms with E-state index in [0.717, 1.165) is 29.3 Å². The average molecular weight is 481 g/mol. The molecule has 5 rings (SSSR count). The number of nitrogens with one attached hydrogen (secondary N) is 2. The van der Waals surface area contributed by atoms with E-state index in [2.05, 4.69) is 96.3 Å². The lowest BCUT2D eigenvalue weighted by molar-refractivity contribution is 0.657. The zero-order valence-corrected chi connectivity index (χ0v) is 20.9. The molecule has 6 nitrogen and oxygen atoms in total. The summed E-state index contributed by atoms with van der Waals surface area (Å²) in [6, 6.07) is 23.2. The number of nitrogens with zero attached hydrogens (tertiary/aromatic N) is 4. The van der Waals surface area contributed by atoms with Gasteiger partial charge in [0, 0.05) is 6.20 Å². The summed E-state index contributed by atoms with van der Waals surface area (Å²) in [5.74, 6) is 0. The van der Waals surface area contributed by atoms with E-state index >= 15 is 0 Å². The van der Waals surface area contributed by atoms with E-state index in [1.807, 2.05) is 22.5 Å². The van der Waals surface area contributed by atoms with E-state index in [1.165, 1.54) is 27.5 Å².